The van der Waals surface area contributed by atoms with Crippen LogP contribution in [0.25, 0.3) is 0 Å². The molecule has 0 saturated carbocycles. The van der Waals surface area contributed by atoms with E-state index in [1.807, 2.05) is 12.1 Å². The van der Waals surface area contributed by atoms with E-state index < -0.39 is 0 Å². The van der Waals surface area contributed by atoms with E-state index in [9.17, 15) is 0 Å². The Bertz CT molecular complexity index is 366. The Balaban J connectivity index is 2.61. The average molecular weight is 251 g/mol. The van der Waals surface area contributed by atoms with Crippen molar-refractivity contribution in [1.29, 1.82) is 0 Å². The van der Waals surface area contributed by atoms with Crippen LogP contribution >= 0.6 is 0 Å². The van der Waals surface area contributed by atoms with Gasteiger partial charge in [0.05, 0.1) is 12.3 Å². The van der Waals surface area contributed by atoms with Gasteiger partial charge < -0.3 is 15.8 Å². The van der Waals surface area contributed by atoms with Crippen molar-refractivity contribution in [2.24, 2.45) is 11.8 Å². The molecule has 0 spiro atoms. The van der Waals surface area contributed by atoms with Crippen molar-refractivity contribution >= 4 is 11.5 Å². The summed E-state index contributed by atoms with van der Waals surface area (Å²) >= 11 is 0. The maximum absolute atomic E-state index is 5.82. The summed E-state index contributed by atoms with van der Waals surface area (Å²) in [6.45, 7) is 10.3. The van der Waals surface area contributed by atoms with Gasteiger partial charge in [0, 0.05) is 6.54 Å². The van der Waals surface area contributed by atoms with E-state index in [-0.39, 0.29) is 0 Å². The number of hydrogen-bond donors (Lipinski definition) is 2. The van der Waals surface area contributed by atoms with Crippen LogP contribution in [0.5, 0.6) is 5.88 Å². The van der Waals surface area contributed by atoms with Gasteiger partial charge >= 0.3 is 0 Å². The molecule has 1 atom stereocenters. The fraction of sp³-hybridized carbons (Fsp3) is 0.643. The quantitative estimate of drug-likeness (QED) is 0.781. The zero-order valence-corrected chi connectivity index (χ0v) is 11.9. The Kier molecular flexibility index (Phi) is 5.75. The van der Waals surface area contributed by atoms with Crippen LogP contribution in [0, 0.1) is 11.8 Å². The molecule has 4 nitrogen and oxygen atoms in total. The molecule has 102 valence electrons. The van der Waals surface area contributed by atoms with E-state index in [2.05, 4.69) is 38.0 Å². The van der Waals surface area contributed by atoms with Crippen LogP contribution in [0.15, 0.2) is 12.1 Å². The van der Waals surface area contributed by atoms with Crippen molar-refractivity contribution in [3.63, 3.8) is 0 Å². The van der Waals surface area contributed by atoms with E-state index in [1.54, 1.807) is 0 Å². The largest absolute Gasteiger partial charge is 0.476 e. The van der Waals surface area contributed by atoms with Gasteiger partial charge in [-0.05, 0) is 30.4 Å². The van der Waals surface area contributed by atoms with Gasteiger partial charge in [0.25, 0.3) is 0 Å². The van der Waals surface area contributed by atoms with Gasteiger partial charge in [0.2, 0.25) is 5.88 Å². The second kappa shape index (κ2) is 7.09. The number of nitrogen functional groups attached to an aromatic ring is 1. The first-order chi connectivity index (χ1) is 8.54. The molecule has 18 heavy (non-hydrogen) atoms. The SMILES string of the molecule is CCCOc1nc(NCC(C)C(C)C)ccc1N. The molecule has 0 radical (unpaired) electrons. The van der Waals surface area contributed by atoms with Crippen LogP contribution in [0.4, 0.5) is 11.5 Å². The number of nitrogens with zero attached hydrogens (tertiary/aromatic N) is 1. The molecule has 0 aromatic carbocycles. The fourth-order valence-corrected chi connectivity index (χ4v) is 1.37. The number of pyridine rings is 1. The number of nitrogens with one attached hydrogen (secondary N) is 1. The van der Waals surface area contributed by atoms with Crippen LogP contribution in [-0.2, 0) is 0 Å². The Morgan fingerprint density at radius 2 is 2.06 bits per heavy atom. The molecular weight excluding hydrogens is 226 g/mol. The number of aromatic nitrogens is 1. The second-order valence-corrected chi connectivity index (χ2v) is 5.04. The summed E-state index contributed by atoms with van der Waals surface area (Å²) < 4.78 is 5.50. The highest BCUT2D eigenvalue weighted by atomic mass is 16.5. The summed E-state index contributed by atoms with van der Waals surface area (Å²) in [7, 11) is 0. The molecule has 1 rings (SSSR count). The smallest absolute Gasteiger partial charge is 0.239 e. The Labute approximate surface area is 110 Å². The van der Waals surface area contributed by atoms with Crippen LogP contribution in [0.3, 0.4) is 0 Å². The highest BCUT2D eigenvalue weighted by molar-refractivity contribution is 5.53. The molecule has 0 aliphatic heterocycles. The zero-order valence-electron chi connectivity index (χ0n) is 11.9. The van der Waals surface area contributed by atoms with Crippen LogP contribution in [0.2, 0.25) is 0 Å². The van der Waals surface area contributed by atoms with Crippen molar-refractivity contribution < 1.29 is 4.74 Å². The Morgan fingerprint density at radius 1 is 1.33 bits per heavy atom. The molecule has 0 fully saturated rings. The monoisotopic (exact) mass is 251 g/mol. The van der Waals surface area contributed by atoms with Gasteiger partial charge in [-0.1, -0.05) is 27.7 Å². The third-order valence-electron chi connectivity index (χ3n) is 3.08. The molecule has 1 heterocycles. The van der Waals surface area contributed by atoms with Crippen molar-refractivity contribution in [3.05, 3.63) is 12.1 Å². The molecule has 0 aliphatic carbocycles. The molecule has 1 aromatic rings. The number of hydrogen-bond acceptors (Lipinski definition) is 4. The van der Waals surface area contributed by atoms with Gasteiger partial charge in [-0.15, -0.1) is 0 Å². The number of ether oxygens (including phenoxy) is 1. The standard InChI is InChI=1S/C14H25N3O/c1-5-8-18-14-12(15)6-7-13(17-14)16-9-11(4)10(2)3/h6-7,10-11H,5,8-9,15H2,1-4H3,(H,16,17). The van der Waals surface area contributed by atoms with Gasteiger partial charge in [-0.25, -0.2) is 0 Å². The van der Waals surface area contributed by atoms with E-state index in [4.69, 9.17) is 10.5 Å². The molecule has 1 aromatic heterocycles. The minimum Gasteiger partial charge on any atom is -0.476 e. The molecule has 0 amide bonds. The Hall–Kier alpha value is -1.45. The summed E-state index contributed by atoms with van der Waals surface area (Å²) in [4.78, 5) is 4.38. The highest BCUT2D eigenvalue weighted by Gasteiger charge is 2.08. The van der Waals surface area contributed by atoms with E-state index in [0.717, 1.165) is 18.8 Å². The van der Waals surface area contributed by atoms with Gasteiger partial charge in [0.15, 0.2) is 0 Å². The molecular formula is C14H25N3O. The predicted molar refractivity (Wildman–Crippen MR) is 76.9 cm³/mol. The summed E-state index contributed by atoms with van der Waals surface area (Å²) in [5.41, 5.74) is 6.41. The van der Waals surface area contributed by atoms with E-state index in [0.29, 0.717) is 30.0 Å². The third kappa shape index (κ3) is 4.43. The van der Waals surface area contributed by atoms with Crippen molar-refractivity contribution in [2.75, 3.05) is 24.2 Å². The van der Waals surface area contributed by atoms with Crippen molar-refractivity contribution in [1.82, 2.24) is 4.98 Å². The summed E-state index contributed by atoms with van der Waals surface area (Å²) in [6.07, 6.45) is 0.948. The summed E-state index contributed by atoms with van der Waals surface area (Å²) in [5, 5.41) is 3.32. The van der Waals surface area contributed by atoms with Crippen LogP contribution < -0.4 is 15.8 Å². The van der Waals surface area contributed by atoms with E-state index >= 15 is 0 Å². The van der Waals surface area contributed by atoms with Crippen LogP contribution in [-0.4, -0.2) is 18.1 Å². The summed E-state index contributed by atoms with van der Waals surface area (Å²) in [5.74, 6) is 2.60. The normalized spacial score (nSPS) is 12.5. The minimum absolute atomic E-state index is 0.527. The van der Waals surface area contributed by atoms with E-state index in [1.165, 1.54) is 0 Å². The molecule has 1 unspecified atom stereocenters. The molecule has 3 N–H and O–H groups in total. The molecule has 0 saturated heterocycles. The minimum atomic E-state index is 0.527. The van der Waals surface area contributed by atoms with Crippen molar-refractivity contribution in [2.45, 2.75) is 34.1 Å². The van der Waals surface area contributed by atoms with Gasteiger partial charge in [-0.2, -0.15) is 4.98 Å². The highest BCUT2D eigenvalue weighted by Crippen LogP contribution is 2.21. The first-order valence-corrected chi connectivity index (χ1v) is 6.67. The maximum Gasteiger partial charge on any atom is 0.239 e. The number of rotatable bonds is 7. The fourth-order valence-electron chi connectivity index (χ4n) is 1.37. The number of nitrogens with two attached hydrogens (primary N) is 1. The van der Waals surface area contributed by atoms with Gasteiger partial charge in [-0.3, -0.25) is 0 Å². The predicted octanol–water partition coefficient (Wildman–Crippen LogP) is 3.16. The lowest BCUT2D eigenvalue weighted by Crippen LogP contribution is -2.17. The lowest BCUT2D eigenvalue weighted by atomic mass is 9.98. The number of anilines is 2. The topological polar surface area (TPSA) is 60.2 Å². The second-order valence-electron chi connectivity index (χ2n) is 5.04. The first-order valence-electron chi connectivity index (χ1n) is 6.67. The maximum atomic E-state index is 5.82. The molecule has 0 aliphatic rings. The molecule has 4 heteroatoms. The lowest BCUT2D eigenvalue weighted by Gasteiger charge is -2.17. The first kappa shape index (κ1) is 14.6. The van der Waals surface area contributed by atoms with Crippen molar-refractivity contribution in [3.8, 4) is 5.88 Å². The van der Waals surface area contributed by atoms with Crippen LogP contribution in [0.1, 0.15) is 34.1 Å². The molecule has 0 bridgehead atoms. The summed E-state index contributed by atoms with van der Waals surface area (Å²) in [6, 6.07) is 3.72. The third-order valence-corrected chi connectivity index (χ3v) is 3.08. The van der Waals surface area contributed by atoms with Gasteiger partial charge in [0.1, 0.15) is 5.82 Å². The Morgan fingerprint density at radius 3 is 2.67 bits per heavy atom. The lowest BCUT2D eigenvalue weighted by molar-refractivity contribution is 0.307. The zero-order chi connectivity index (χ0) is 13.5. The average Bonchev–Trinajstić information content (AvgIpc) is 2.35.